The van der Waals surface area contributed by atoms with Gasteiger partial charge in [0.2, 0.25) is 0 Å². The lowest BCUT2D eigenvalue weighted by Crippen LogP contribution is -2.36. The summed E-state index contributed by atoms with van der Waals surface area (Å²) >= 11 is 0. The maximum atomic E-state index is 13.1. The van der Waals surface area contributed by atoms with Crippen molar-refractivity contribution in [3.63, 3.8) is 0 Å². The summed E-state index contributed by atoms with van der Waals surface area (Å²) in [5.41, 5.74) is 4.43. The Labute approximate surface area is 182 Å². The number of morpholine rings is 1. The van der Waals surface area contributed by atoms with Crippen LogP contribution in [0.25, 0.3) is 28.2 Å². The van der Waals surface area contributed by atoms with E-state index in [9.17, 15) is 13.2 Å². The molecule has 0 aliphatic carbocycles. The van der Waals surface area contributed by atoms with E-state index in [1.54, 1.807) is 4.68 Å². The first-order valence-electron chi connectivity index (χ1n) is 10.3. The number of anilines is 1. The Hall–Kier alpha value is -3.40. The summed E-state index contributed by atoms with van der Waals surface area (Å²) in [5, 5.41) is 4.63. The third-order valence-electron chi connectivity index (χ3n) is 5.37. The summed E-state index contributed by atoms with van der Waals surface area (Å²) in [5.74, 6) is 0. The van der Waals surface area contributed by atoms with Crippen LogP contribution in [0.4, 0.5) is 18.9 Å². The van der Waals surface area contributed by atoms with Crippen LogP contribution >= 0.6 is 0 Å². The highest BCUT2D eigenvalue weighted by molar-refractivity contribution is 5.89. The lowest BCUT2D eigenvalue weighted by Gasteiger charge is -2.29. The number of aryl methyl sites for hydroxylation is 1. The van der Waals surface area contributed by atoms with Crippen LogP contribution in [0.5, 0.6) is 0 Å². The smallest absolute Gasteiger partial charge is 0.378 e. The fourth-order valence-electron chi connectivity index (χ4n) is 3.88. The van der Waals surface area contributed by atoms with Gasteiger partial charge in [-0.05, 0) is 36.8 Å². The molecule has 5 rings (SSSR count). The summed E-state index contributed by atoms with van der Waals surface area (Å²) < 4.78 is 47.6. The van der Waals surface area contributed by atoms with Crippen LogP contribution in [0.3, 0.4) is 0 Å². The molecule has 0 spiro atoms. The zero-order valence-electron chi connectivity index (χ0n) is 17.4. The Balaban J connectivity index is 1.61. The zero-order chi connectivity index (χ0) is 22.3. The molecule has 1 aliphatic rings. The maximum Gasteiger partial charge on any atom is 0.406 e. The molecule has 0 atom stereocenters. The van der Waals surface area contributed by atoms with Crippen molar-refractivity contribution in [3.8, 4) is 17.1 Å². The van der Waals surface area contributed by atoms with Gasteiger partial charge in [0, 0.05) is 19.3 Å². The van der Waals surface area contributed by atoms with Crippen molar-refractivity contribution in [2.45, 2.75) is 19.6 Å². The predicted octanol–water partition coefficient (Wildman–Crippen LogP) is 3.99. The number of ether oxygens (including phenoxy) is 1. The van der Waals surface area contributed by atoms with Gasteiger partial charge in [0.05, 0.1) is 36.6 Å². The first kappa shape index (κ1) is 20.5. The number of halogens is 3. The van der Waals surface area contributed by atoms with Crippen molar-refractivity contribution < 1.29 is 17.9 Å². The van der Waals surface area contributed by atoms with Gasteiger partial charge in [0.25, 0.3) is 0 Å². The molecular weight excluding hydrogens is 421 g/mol. The highest BCUT2D eigenvalue weighted by atomic mass is 19.4. The quantitative estimate of drug-likeness (QED) is 0.478. The first-order chi connectivity index (χ1) is 15.4. The van der Waals surface area contributed by atoms with Crippen molar-refractivity contribution in [3.05, 3.63) is 54.5 Å². The van der Waals surface area contributed by atoms with Crippen molar-refractivity contribution >= 4 is 16.9 Å². The maximum absolute atomic E-state index is 13.1. The number of fused-ring (bicyclic) bond motifs is 1. The van der Waals surface area contributed by atoms with Gasteiger partial charge >= 0.3 is 6.18 Å². The summed E-state index contributed by atoms with van der Waals surface area (Å²) in [6, 6.07) is 11.6. The Morgan fingerprint density at radius 3 is 2.62 bits per heavy atom. The van der Waals surface area contributed by atoms with Gasteiger partial charge in [-0.3, -0.25) is 0 Å². The van der Waals surface area contributed by atoms with Crippen molar-refractivity contribution in [2.24, 2.45) is 0 Å². The van der Waals surface area contributed by atoms with E-state index in [0.29, 0.717) is 43.2 Å². The van der Waals surface area contributed by atoms with Gasteiger partial charge in [-0.15, -0.1) is 0 Å². The molecule has 166 valence electrons. The number of rotatable bonds is 4. The SMILES string of the molecule is Cc1cccc(-n2ccc(-c3cc(N4CCOCC4)c4ncn(CC(F)(F)F)c4n3)n2)c1. The second-order valence-corrected chi connectivity index (χ2v) is 7.77. The number of aromatic nitrogens is 5. The summed E-state index contributed by atoms with van der Waals surface area (Å²) in [6.07, 6.45) is -1.36. The standard InChI is InChI=1S/C22H21F3N6O/c1-15-3-2-4-16(11-15)31-6-5-17(28-31)18-12-19(29-7-9-32-10-8-29)20-21(27-18)30(14-26-20)13-22(23,24)25/h2-6,11-12,14H,7-10,13H2,1H3. The largest absolute Gasteiger partial charge is 0.406 e. The molecule has 0 saturated carbocycles. The summed E-state index contributed by atoms with van der Waals surface area (Å²) in [4.78, 5) is 10.9. The van der Waals surface area contributed by atoms with Crippen LogP contribution < -0.4 is 4.90 Å². The van der Waals surface area contributed by atoms with Crippen LogP contribution in [-0.2, 0) is 11.3 Å². The molecule has 4 aromatic rings. The lowest BCUT2D eigenvalue weighted by molar-refractivity contribution is -0.140. The zero-order valence-corrected chi connectivity index (χ0v) is 17.4. The van der Waals surface area contributed by atoms with Crippen LogP contribution in [0.1, 0.15) is 5.56 Å². The van der Waals surface area contributed by atoms with Gasteiger partial charge in [0.1, 0.15) is 17.8 Å². The predicted molar refractivity (Wildman–Crippen MR) is 114 cm³/mol. The Kier molecular flexibility index (Phi) is 5.09. The number of pyridine rings is 1. The number of nitrogens with zero attached hydrogens (tertiary/aromatic N) is 6. The molecular formula is C22H21F3N6O. The molecule has 1 aromatic carbocycles. The highest BCUT2D eigenvalue weighted by Gasteiger charge is 2.30. The number of imidazole rings is 1. The van der Waals surface area contributed by atoms with Crippen LogP contribution in [0, 0.1) is 6.92 Å². The van der Waals surface area contributed by atoms with Crippen LogP contribution in [0.15, 0.2) is 48.9 Å². The van der Waals surface area contributed by atoms with Crippen LogP contribution in [0.2, 0.25) is 0 Å². The topological polar surface area (TPSA) is 61.0 Å². The fourth-order valence-corrected chi connectivity index (χ4v) is 3.88. The first-order valence-corrected chi connectivity index (χ1v) is 10.3. The van der Waals surface area contributed by atoms with E-state index in [1.807, 2.05) is 49.5 Å². The molecule has 1 saturated heterocycles. The summed E-state index contributed by atoms with van der Waals surface area (Å²) in [6.45, 7) is 3.19. The van der Waals surface area contributed by atoms with Gasteiger partial charge in [-0.2, -0.15) is 18.3 Å². The normalized spacial score (nSPS) is 14.9. The third-order valence-corrected chi connectivity index (χ3v) is 5.37. The Morgan fingerprint density at radius 2 is 1.88 bits per heavy atom. The fraction of sp³-hybridized carbons (Fsp3) is 0.318. The molecule has 1 fully saturated rings. The molecule has 4 heterocycles. The van der Waals surface area contributed by atoms with E-state index in [0.717, 1.165) is 21.5 Å². The minimum absolute atomic E-state index is 0.187. The molecule has 0 unspecified atom stereocenters. The van der Waals surface area contributed by atoms with Crippen molar-refractivity contribution in [1.82, 2.24) is 24.3 Å². The van der Waals surface area contributed by atoms with Gasteiger partial charge < -0.3 is 14.2 Å². The lowest BCUT2D eigenvalue weighted by atomic mass is 10.2. The number of hydrogen-bond donors (Lipinski definition) is 0. The molecule has 3 aromatic heterocycles. The van der Waals surface area contributed by atoms with E-state index in [-0.39, 0.29) is 5.65 Å². The van der Waals surface area contributed by atoms with Gasteiger partial charge in [-0.25, -0.2) is 14.6 Å². The van der Waals surface area contributed by atoms with Crippen LogP contribution in [-0.4, -0.2) is 56.8 Å². The van der Waals surface area contributed by atoms with Gasteiger partial charge in [0.15, 0.2) is 5.65 Å². The highest BCUT2D eigenvalue weighted by Crippen LogP contribution is 2.31. The van der Waals surface area contributed by atoms with E-state index >= 15 is 0 Å². The van der Waals surface area contributed by atoms with Crippen molar-refractivity contribution in [1.29, 1.82) is 0 Å². The van der Waals surface area contributed by atoms with E-state index in [2.05, 4.69) is 20.0 Å². The molecule has 10 heteroatoms. The number of hydrogen-bond acceptors (Lipinski definition) is 5. The molecule has 0 amide bonds. The average molecular weight is 442 g/mol. The Bertz CT molecular complexity index is 1260. The Morgan fingerprint density at radius 1 is 1.06 bits per heavy atom. The second kappa shape index (κ2) is 7.94. The molecule has 0 N–H and O–H groups in total. The third kappa shape index (κ3) is 4.05. The second-order valence-electron chi connectivity index (χ2n) is 7.77. The van der Waals surface area contributed by atoms with E-state index < -0.39 is 12.7 Å². The number of benzene rings is 1. The molecule has 0 bridgehead atoms. The average Bonchev–Trinajstić information content (AvgIpc) is 3.41. The minimum atomic E-state index is -4.38. The summed E-state index contributed by atoms with van der Waals surface area (Å²) in [7, 11) is 0. The van der Waals surface area contributed by atoms with E-state index in [4.69, 9.17) is 4.74 Å². The molecule has 7 nitrogen and oxygen atoms in total. The number of alkyl halides is 3. The molecule has 32 heavy (non-hydrogen) atoms. The van der Waals surface area contributed by atoms with E-state index in [1.165, 1.54) is 6.33 Å². The molecule has 0 radical (unpaired) electrons. The monoisotopic (exact) mass is 442 g/mol. The van der Waals surface area contributed by atoms with Crippen molar-refractivity contribution in [2.75, 3.05) is 31.2 Å². The van der Waals surface area contributed by atoms with Gasteiger partial charge in [-0.1, -0.05) is 12.1 Å². The molecule has 1 aliphatic heterocycles. The minimum Gasteiger partial charge on any atom is -0.378 e.